The van der Waals surface area contributed by atoms with E-state index < -0.39 is 0 Å². The van der Waals surface area contributed by atoms with Gasteiger partial charge < -0.3 is 9.47 Å². The standard InChI is InChI=1S/C29H32O4/c1-3-4-5-6-7-16-33-25-15-14-22-17-24(13-12-23(22)18-25)28(30)27-19-26(27)20-8-10-21(11-9-20)29(31)32-2/h8-15,17-18,26-27H,3-7,16,19H2,1-2H3/t26?,27-/m1/s1. The van der Waals surface area contributed by atoms with Crippen molar-refractivity contribution in [1.82, 2.24) is 0 Å². The van der Waals surface area contributed by atoms with Crippen LogP contribution in [0.1, 0.15) is 77.6 Å². The lowest BCUT2D eigenvalue weighted by atomic mass is 9.99. The number of hydrogen-bond acceptors (Lipinski definition) is 4. The number of ether oxygens (including phenoxy) is 2. The summed E-state index contributed by atoms with van der Waals surface area (Å²) in [5.74, 6) is 0.942. The number of fused-ring (bicyclic) bond motifs is 1. The number of esters is 1. The van der Waals surface area contributed by atoms with Gasteiger partial charge in [0.2, 0.25) is 0 Å². The van der Waals surface area contributed by atoms with E-state index in [1.54, 1.807) is 12.1 Å². The smallest absolute Gasteiger partial charge is 0.337 e. The highest BCUT2D eigenvalue weighted by molar-refractivity contribution is 6.03. The first kappa shape index (κ1) is 23.0. The highest BCUT2D eigenvalue weighted by Crippen LogP contribution is 2.49. The highest BCUT2D eigenvalue weighted by atomic mass is 16.5. The molecule has 0 N–H and O–H groups in total. The van der Waals surface area contributed by atoms with Gasteiger partial charge in [-0.3, -0.25) is 4.79 Å². The first-order valence-electron chi connectivity index (χ1n) is 12.0. The average Bonchev–Trinajstić information content (AvgIpc) is 3.66. The van der Waals surface area contributed by atoms with Crippen molar-refractivity contribution in [2.24, 2.45) is 5.92 Å². The summed E-state index contributed by atoms with van der Waals surface area (Å²) in [5, 5.41) is 2.14. The Morgan fingerprint density at radius 3 is 2.30 bits per heavy atom. The van der Waals surface area contributed by atoms with Gasteiger partial charge in [0.05, 0.1) is 19.3 Å². The molecule has 1 aliphatic carbocycles. The summed E-state index contributed by atoms with van der Waals surface area (Å²) in [6.07, 6.45) is 6.96. The lowest BCUT2D eigenvalue weighted by molar-refractivity contribution is 0.0600. The Kier molecular flexibility index (Phi) is 7.43. The summed E-state index contributed by atoms with van der Waals surface area (Å²) in [5.41, 5.74) is 2.38. The van der Waals surface area contributed by atoms with Crippen molar-refractivity contribution in [3.8, 4) is 5.75 Å². The molecule has 33 heavy (non-hydrogen) atoms. The average molecular weight is 445 g/mol. The minimum absolute atomic E-state index is 0.00161. The largest absolute Gasteiger partial charge is 0.494 e. The van der Waals surface area contributed by atoms with Crippen molar-refractivity contribution in [1.29, 1.82) is 0 Å². The second-order valence-corrected chi connectivity index (χ2v) is 8.91. The normalized spacial score (nSPS) is 17.0. The van der Waals surface area contributed by atoms with Crippen molar-refractivity contribution in [3.05, 3.63) is 77.4 Å². The minimum Gasteiger partial charge on any atom is -0.494 e. The van der Waals surface area contributed by atoms with Crippen molar-refractivity contribution >= 4 is 22.5 Å². The van der Waals surface area contributed by atoms with Crippen LogP contribution < -0.4 is 4.74 Å². The third kappa shape index (κ3) is 5.62. The van der Waals surface area contributed by atoms with Crippen LogP contribution in [0.2, 0.25) is 0 Å². The van der Waals surface area contributed by atoms with Gasteiger partial charge in [0.1, 0.15) is 5.75 Å². The maximum Gasteiger partial charge on any atom is 0.337 e. The quantitative estimate of drug-likeness (QED) is 0.182. The Hall–Kier alpha value is -3.14. The van der Waals surface area contributed by atoms with Crippen molar-refractivity contribution in [2.45, 2.75) is 51.4 Å². The van der Waals surface area contributed by atoms with Crippen molar-refractivity contribution < 1.29 is 19.1 Å². The van der Waals surface area contributed by atoms with Gasteiger partial charge in [0.25, 0.3) is 0 Å². The van der Waals surface area contributed by atoms with E-state index in [-0.39, 0.29) is 23.6 Å². The van der Waals surface area contributed by atoms with Crippen LogP contribution in [0.3, 0.4) is 0 Å². The molecular formula is C29H32O4. The van der Waals surface area contributed by atoms with Crippen LogP contribution in [0, 0.1) is 5.92 Å². The molecule has 1 saturated carbocycles. The van der Waals surface area contributed by atoms with Crippen LogP contribution in [0.5, 0.6) is 5.75 Å². The zero-order chi connectivity index (χ0) is 23.2. The second-order valence-electron chi connectivity index (χ2n) is 8.91. The number of carbonyl (C=O) groups is 2. The zero-order valence-electron chi connectivity index (χ0n) is 19.5. The van der Waals surface area contributed by atoms with Crippen molar-refractivity contribution in [2.75, 3.05) is 13.7 Å². The molecule has 1 fully saturated rings. The SMILES string of the molecule is CCCCCCCOc1ccc2cc(C(=O)[C@@H]3CC3c3ccc(C(=O)OC)cc3)ccc2c1. The molecule has 1 aliphatic rings. The predicted molar refractivity (Wildman–Crippen MR) is 131 cm³/mol. The Morgan fingerprint density at radius 2 is 1.55 bits per heavy atom. The van der Waals surface area contributed by atoms with Crippen molar-refractivity contribution in [3.63, 3.8) is 0 Å². The fraction of sp³-hybridized carbons (Fsp3) is 0.379. The third-order valence-corrected chi connectivity index (χ3v) is 6.50. The number of carbonyl (C=O) groups excluding carboxylic acids is 2. The van der Waals surface area contributed by atoms with E-state index in [1.807, 2.05) is 42.5 Å². The lowest BCUT2D eigenvalue weighted by Crippen LogP contribution is -2.04. The van der Waals surface area contributed by atoms with Crippen LogP contribution in [0.15, 0.2) is 60.7 Å². The van der Waals surface area contributed by atoms with Crippen LogP contribution in [0.4, 0.5) is 0 Å². The fourth-order valence-electron chi connectivity index (χ4n) is 4.41. The van der Waals surface area contributed by atoms with Gasteiger partial charge in [0, 0.05) is 11.5 Å². The molecule has 0 spiro atoms. The van der Waals surface area contributed by atoms with Crippen LogP contribution in [-0.2, 0) is 4.74 Å². The van der Waals surface area contributed by atoms with E-state index in [0.29, 0.717) is 5.56 Å². The minimum atomic E-state index is -0.346. The zero-order valence-corrected chi connectivity index (χ0v) is 19.5. The van der Waals surface area contributed by atoms with Gasteiger partial charge in [-0.1, -0.05) is 62.9 Å². The van der Waals surface area contributed by atoms with E-state index in [4.69, 9.17) is 9.47 Å². The summed E-state index contributed by atoms with van der Waals surface area (Å²) >= 11 is 0. The molecule has 4 rings (SSSR count). The molecule has 0 aliphatic heterocycles. The maximum atomic E-state index is 13.1. The van der Waals surface area contributed by atoms with Gasteiger partial charge in [-0.15, -0.1) is 0 Å². The van der Waals surface area contributed by atoms with Gasteiger partial charge >= 0.3 is 5.97 Å². The molecule has 4 heteroatoms. The summed E-state index contributed by atoms with van der Waals surface area (Å²) < 4.78 is 10.7. The Labute approximate surface area is 195 Å². The van der Waals surface area contributed by atoms with Gasteiger partial charge in [-0.05, 0) is 65.4 Å². The first-order valence-corrected chi connectivity index (χ1v) is 12.0. The molecule has 0 radical (unpaired) electrons. The molecule has 0 bridgehead atoms. The van der Waals surface area contributed by atoms with E-state index in [0.717, 1.165) is 47.1 Å². The van der Waals surface area contributed by atoms with E-state index in [1.165, 1.54) is 32.8 Å². The van der Waals surface area contributed by atoms with Crippen LogP contribution in [-0.4, -0.2) is 25.5 Å². The first-order chi connectivity index (χ1) is 16.1. The molecule has 0 heterocycles. The monoisotopic (exact) mass is 444 g/mol. The fourth-order valence-corrected chi connectivity index (χ4v) is 4.41. The second kappa shape index (κ2) is 10.7. The lowest BCUT2D eigenvalue weighted by Gasteiger charge is -2.08. The third-order valence-electron chi connectivity index (χ3n) is 6.50. The van der Waals surface area contributed by atoms with E-state index in [2.05, 4.69) is 13.0 Å². The number of hydrogen-bond donors (Lipinski definition) is 0. The summed E-state index contributed by atoms with van der Waals surface area (Å²) in [6, 6.07) is 19.4. The van der Waals surface area contributed by atoms with E-state index >= 15 is 0 Å². The molecule has 3 aromatic rings. The highest BCUT2D eigenvalue weighted by Gasteiger charge is 2.44. The maximum absolute atomic E-state index is 13.1. The number of benzene rings is 3. The number of unbranched alkanes of at least 4 members (excludes halogenated alkanes) is 4. The molecular weight excluding hydrogens is 412 g/mol. The molecule has 0 aromatic heterocycles. The topological polar surface area (TPSA) is 52.6 Å². The number of Topliss-reactive ketones (excluding diaryl/α,β-unsaturated/α-hetero) is 1. The number of ketones is 1. The molecule has 4 nitrogen and oxygen atoms in total. The van der Waals surface area contributed by atoms with Gasteiger partial charge in [0.15, 0.2) is 5.78 Å². The molecule has 2 atom stereocenters. The van der Waals surface area contributed by atoms with Gasteiger partial charge in [-0.2, -0.15) is 0 Å². The molecule has 0 amide bonds. The summed E-state index contributed by atoms with van der Waals surface area (Å²) in [4.78, 5) is 24.7. The summed E-state index contributed by atoms with van der Waals surface area (Å²) in [6.45, 7) is 2.97. The predicted octanol–water partition coefficient (Wildman–Crippen LogP) is 6.96. The Balaban J connectivity index is 1.35. The molecule has 0 saturated heterocycles. The Morgan fingerprint density at radius 1 is 0.848 bits per heavy atom. The molecule has 172 valence electrons. The van der Waals surface area contributed by atoms with Crippen LogP contribution in [0.25, 0.3) is 10.8 Å². The van der Waals surface area contributed by atoms with Crippen LogP contribution >= 0.6 is 0 Å². The summed E-state index contributed by atoms with van der Waals surface area (Å²) in [7, 11) is 1.37. The molecule has 1 unspecified atom stereocenters. The number of rotatable bonds is 11. The van der Waals surface area contributed by atoms with Gasteiger partial charge in [-0.25, -0.2) is 4.79 Å². The number of methoxy groups -OCH3 is 1. The Bertz CT molecular complexity index is 1120. The van der Waals surface area contributed by atoms with E-state index in [9.17, 15) is 9.59 Å². The molecule has 3 aromatic carbocycles.